The van der Waals surface area contributed by atoms with Crippen LogP contribution >= 0.6 is 0 Å². The minimum atomic E-state index is 0.215. The van der Waals surface area contributed by atoms with Crippen molar-refractivity contribution in [2.45, 2.75) is 57.0 Å². The normalized spacial score (nSPS) is 27.5. The summed E-state index contributed by atoms with van der Waals surface area (Å²) < 4.78 is 6.63. The maximum Gasteiger partial charge on any atom is 0.119 e. The lowest BCUT2D eigenvalue weighted by atomic mass is 9.65. The number of rotatable bonds is 4. The molecule has 0 amide bonds. The number of hydrogen-bond acceptors (Lipinski definition) is 1. The van der Waals surface area contributed by atoms with Gasteiger partial charge in [-0.25, -0.2) is 0 Å². The van der Waals surface area contributed by atoms with E-state index in [0.29, 0.717) is 23.7 Å². The van der Waals surface area contributed by atoms with Gasteiger partial charge in [-0.2, -0.15) is 0 Å². The predicted octanol–water partition coefficient (Wildman–Crippen LogP) is 11.9. The molecule has 1 aliphatic heterocycles. The van der Waals surface area contributed by atoms with Crippen molar-refractivity contribution in [1.82, 2.24) is 0 Å². The van der Waals surface area contributed by atoms with E-state index < -0.39 is 0 Å². The summed E-state index contributed by atoms with van der Waals surface area (Å²) in [6.45, 7) is 0. The third kappa shape index (κ3) is 4.81. The molecular weight excluding hydrogens is 593 g/mol. The Balaban J connectivity index is 1.01. The quantitative estimate of drug-likeness (QED) is 0.260. The highest BCUT2D eigenvalue weighted by molar-refractivity contribution is 5.91. The molecule has 7 aliphatic rings. The Hall–Kier alpha value is -4.88. The van der Waals surface area contributed by atoms with Gasteiger partial charge in [-0.1, -0.05) is 134 Å². The summed E-state index contributed by atoms with van der Waals surface area (Å²) in [5, 5.41) is 0. The second-order valence-corrected chi connectivity index (χ2v) is 14.7. The Kier molecular flexibility index (Phi) is 7.07. The first-order valence-corrected chi connectivity index (χ1v) is 18.5. The van der Waals surface area contributed by atoms with Gasteiger partial charge in [0.2, 0.25) is 0 Å². The zero-order chi connectivity index (χ0) is 32.3. The molecule has 1 heteroatoms. The molecule has 0 fully saturated rings. The van der Waals surface area contributed by atoms with Gasteiger partial charge in [0.15, 0.2) is 0 Å². The van der Waals surface area contributed by atoms with Crippen molar-refractivity contribution >= 4 is 17.2 Å². The van der Waals surface area contributed by atoms with Crippen LogP contribution in [0, 0.1) is 17.8 Å². The molecule has 0 saturated carbocycles. The highest BCUT2D eigenvalue weighted by Gasteiger charge is 2.42. The van der Waals surface area contributed by atoms with Crippen LogP contribution in [0.5, 0.6) is 0 Å². The fourth-order valence-corrected chi connectivity index (χ4v) is 9.86. The predicted molar refractivity (Wildman–Crippen MR) is 203 cm³/mol. The minimum Gasteiger partial charge on any atom is -0.489 e. The molecule has 10 rings (SSSR count). The van der Waals surface area contributed by atoms with Crippen molar-refractivity contribution in [1.29, 1.82) is 0 Å². The summed E-state index contributed by atoms with van der Waals surface area (Å²) in [6, 6.07) is 25.9. The summed E-state index contributed by atoms with van der Waals surface area (Å²) in [7, 11) is 0. The van der Waals surface area contributed by atoms with Gasteiger partial charge in [-0.3, -0.25) is 0 Å². The van der Waals surface area contributed by atoms with E-state index in [9.17, 15) is 0 Å². The summed E-state index contributed by atoms with van der Waals surface area (Å²) in [5.74, 6) is 2.59. The molecule has 5 unspecified atom stereocenters. The fraction of sp³-hybridized carbons (Fsp3) is 0.250. The molecule has 0 radical (unpaired) electrons. The topological polar surface area (TPSA) is 9.23 Å². The summed E-state index contributed by atoms with van der Waals surface area (Å²) in [6.07, 6.45) is 36.1. The van der Waals surface area contributed by atoms with E-state index in [2.05, 4.69) is 140 Å². The van der Waals surface area contributed by atoms with Gasteiger partial charge in [0.05, 0.1) is 0 Å². The molecule has 49 heavy (non-hydrogen) atoms. The molecule has 3 aromatic carbocycles. The molecule has 0 aromatic heterocycles. The Morgan fingerprint density at radius 2 is 1.29 bits per heavy atom. The van der Waals surface area contributed by atoms with E-state index in [-0.39, 0.29) is 6.10 Å². The van der Waals surface area contributed by atoms with Gasteiger partial charge < -0.3 is 4.74 Å². The van der Waals surface area contributed by atoms with Crippen molar-refractivity contribution < 1.29 is 4.74 Å². The standard InChI is InChI=1S/C48H42O/c1-2-13-36-31(11-1)12-9-19-37(36)32-23-27-34(28-24-32)46-40-15-3-5-17-42(40)47(43-18-6-4-16-41(43)46)35-29-25-33(26-30-35)38-20-10-21-44-39-14-7-8-22-45(39)49-48(38)44/h1,3-5,8-12,15-17,19-20,22-30,38,40,42,44,48H,2,6-7,13-14,18,21H2. The van der Waals surface area contributed by atoms with Crippen LogP contribution in [0.25, 0.3) is 28.3 Å². The Labute approximate surface area is 290 Å². The first-order valence-electron chi connectivity index (χ1n) is 18.5. The lowest BCUT2D eigenvalue weighted by Crippen LogP contribution is -2.28. The van der Waals surface area contributed by atoms with Crippen LogP contribution in [0.1, 0.15) is 72.3 Å². The van der Waals surface area contributed by atoms with Crippen molar-refractivity contribution in [3.05, 3.63) is 184 Å². The molecule has 0 spiro atoms. The largest absolute Gasteiger partial charge is 0.489 e. The zero-order valence-corrected chi connectivity index (χ0v) is 28.0. The van der Waals surface area contributed by atoms with Gasteiger partial charge in [0, 0.05) is 23.7 Å². The molecule has 0 N–H and O–H groups in total. The second-order valence-electron chi connectivity index (χ2n) is 14.7. The fourth-order valence-electron chi connectivity index (χ4n) is 9.86. The number of allylic oxidation sites excluding steroid dienone is 14. The molecule has 6 aliphatic carbocycles. The third-order valence-corrected chi connectivity index (χ3v) is 12.1. The van der Waals surface area contributed by atoms with Gasteiger partial charge in [0.25, 0.3) is 0 Å². The van der Waals surface area contributed by atoms with E-state index >= 15 is 0 Å². The first-order chi connectivity index (χ1) is 24.3. The molecule has 240 valence electrons. The summed E-state index contributed by atoms with van der Waals surface area (Å²) >= 11 is 0. The number of fused-ring (bicyclic) bond motifs is 5. The molecule has 1 heterocycles. The monoisotopic (exact) mass is 634 g/mol. The van der Waals surface area contributed by atoms with Crippen molar-refractivity contribution in [2.24, 2.45) is 17.8 Å². The van der Waals surface area contributed by atoms with E-state index in [1.807, 2.05) is 0 Å². The summed E-state index contributed by atoms with van der Waals surface area (Å²) in [5.41, 5.74) is 17.1. The van der Waals surface area contributed by atoms with Crippen molar-refractivity contribution in [3.8, 4) is 11.1 Å². The molecule has 0 saturated heterocycles. The Bertz CT molecular complexity index is 2120. The maximum atomic E-state index is 6.63. The van der Waals surface area contributed by atoms with Crippen LogP contribution in [-0.4, -0.2) is 6.10 Å². The lowest BCUT2D eigenvalue weighted by Gasteiger charge is -2.39. The van der Waals surface area contributed by atoms with Crippen molar-refractivity contribution in [3.63, 3.8) is 0 Å². The van der Waals surface area contributed by atoms with Crippen LogP contribution in [0.4, 0.5) is 0 Å². The van der Waals surface area contributed by atoms with Gasteiger partial charge in [-0.05, 0) is 118 Å². The SMILES string of the molecule is C1=CC2C(c3ccc(-c4cccc5c4CCC=C5)cc3)=C3C=CCCC3=C(c3ccc(C4C=CCC5C6=C(C=CCC6)OC54)cc3)C2C=C1. The maximum absolute atomic E-state index is 6.63. The van der Waals surface area contributed by atoms with Crippen LogP contribution in [-0.2, 0) is 11.2 Å². The van der Waals surface area contributed by atoms with E-state index in [4.69, 9.17) is 4.74 Å². The number of ether oxygens (including phenoxy) is 1. The average Bonchev–Trinajstić information content (AvgIpc) is 3.56. The number of benzene rings is 3. The lowest BCUT2D eigenvalue weighted by molar-refractivity contribution is 0.102. The average molecular weight is 635 g/mol. The minimum absolute atomic E-state index is 0.215. The second kappa shape index (κ2) is 11.9. The molecule has 1 nitrogen and oxygen atoms in total. The highest BCUT2D eigenvalue weighted by atomic mass is 16.5. The van der Waals surface area contributed by atoms with Crippen LogP contribution in [0.3, 0.4) is 0 Å². The Morgan fingerprint density at radius 3 is 2.16 bits per heavy atom. The van der Waals surface area contributed by atoms with E-state index in [0.717, 1.165) is 50.7 Å². The summed E-state index contributed by atoms with van der Waals surface area (Å²) in [4.78, 5) is 0. The molecule has 0 bridgehead atoms. The van der Waals surface area contributed by atoms with Crippen LogP contribution in [0.15, 0.2) is 156 Å². The molecule has 5 atom stereocenters. The van der Waals surface area contributed by atoms with Crippen molar-refractivity contribution in [2.75, 3.05) is 0 Å². The third-order valence-electron chi connectivity index (χ3n) is 12.1. The molecule has 3 aromatic rings. The van der Waals surface area contributed by atoms with Crippen LogP contribution < -0.4 is 0 Å². The zero-order valence-electron chi connectivity index (χ0n) is 28.0. The smallest absolute Gasteiger partial charge is 0.119 e. The van der Waals surface area contributed by atoms with E-state index in [1.54, 1.807) is 5.57 Å². The highest BCUT2D eigenvalue weighted by Crippen LogP contribution is 2.53. The van der Waals surface area contributed by atoms with Gasteiger partial charge >= 0.3 is 0 Å². The molecular formula is C48H42O. The van der Waals surface area contributed by atoms with E-state index in [1.165, 1.54) is 61.2 Å². The van der Waals surface area contributed by atoms with Gasteiger partial charge in [0.1, 0.15) is 11.9 Å². The van der Waals surface area contributed by atoms with Crippen LogP contribution in [0.2, 0.25) is 0 Å². The first kappa shape index (κ1) is 29.1. The van der Waals surface area contributed by atoms with Gasteiger partial charge in [-0.15, -0.1) is 0 Å². The number of hydrogen-bond donors (Lipinski definition) is 0. The Morgan fingerprint density at radius 1 is 0.571 bits per heavy atom.